The molecule has 0 aliphatic heterocycles. The Morgan fingerprint density at radius 2 is 0.737 bits per heavy atom. The zero-order chi connectivity index (χ0) is 24.5. The third-order valence-electron chi connectivity index (χ3n) is 8.76. The zero-order valence-electron chi connectivity index (χ0n) is 20.4. The molecule has 38 heavy (non-hydrogen) atoms. The summed E-state index contributed by atoms with van der Waals surface area (Å²) in [6, 6.07) is 44.9. The molecule has 2 nitrogen and oxygen atoms in total. The summed E-state index contributed by atoms with van der Waals surface area (Å²) >= 11 is 0. The van der Waals surface area contributed by atoms with Crippen molar-refractivity contribution in [3.8, 4) is 11.1 Å². The van der Waals surface area contributed by atoms with Crippen LogP contribution < -0.4 is 0 Å². The average molecular weight is 481 g/mol. The van der Waals surface area contributed by atoms with Gasteiger partial charge in [0.2, 0.25) is 0 Å². The summed E-state index contributed by atoms with van der Waals surface area (Å²) in [5.41, 5.74) is 10.3. The van der Waals surface area contributed by atoms with E-state index in [9.17, 15) is 0 Å². The van der Waals surface area contributed by atoms with Gasteiger partial charge in [0.25, 0.3) is 0 Å². The van der Waals surface area contributed by atoms with Gasteiger partial charge in [0.15, 0.2) is 0 Å². The van der Waals surface area contributed by atoms with Gasteiger partial charge in [0.05, 0.1) is 33.1 Å². The van der Waals surface area contributed by atoms with E-state index in [4.69, 9.17) is 0 Å². The maximum absolute atomic E-state index is 2.47. The molecule has 4 heterocycles. The van der Waals surface area contributed by atoms with Gasteiger partial charge in [-0.2, -0.15) is 0 Å². The van der Waals surface area contributed by atoms with Crippen LogP contribution in [-0.4, -0.2) is 8.80 Å². The second-order valence-corrected chi connectivity index (χ2v) is 10.6. The molecule has 4 aromatic heterocycles. The lowest BCUT2D eigenvalue weighted by atomic mass is 9.98. The molecule has 10 aromatic rings. The summed E-state index contributed by atoms with van der Waals surface area (Å²) < 4.78 is 4.92. The van der Waals surface area contributed by atoms with Gasteiger partial charge >= 0.3 is 0 Å². The van der Waals surface area contributed by atoms with Crippen LogP contribution in [0.15, 0.2) is 121 Å². The van der Waals surface area contributed by atoms with Crippen LogP contribution in [0.3, 0.4) is 0 Å². The summed E-state index contributed by atoms with van der Waals surface area (Å²) in [5, 5.41) is 10.6. The molecule has 0 atom stereocenters. The summed E-state index contributed by atoms with van der Waals surface area (Å²) in [6.07, 6.45) is 0. The van der Waals surface area contributed by atoms with E-state index in [1.807, 2.05) is 0 Å². The van der Waals surface area contributed by atoms with E-state index in [-0.39, 0.29) is 0 Å². The van der Waals surface area contributed by atoms with Gasteiger partial charge in [0.1, 0.15) is 0 Å². The average Bonchev–Trinajstić information content (AvgIpc) is 3.70. The van der Waals surface area contributed by atoms with E-state index in [1.165, 1.54) is 87.3 Å². The van der Waals surface area contributed by atoms with Crippen molar-refractivity contribution >= 4 is 76.2 Å². The van der Waals surface area contributed by atoms with Crippen molar-refractivity contribution in [3.63, 3.8) is 0 Å². The van der Waals surface area contributed by atoms with Crippen LogP contribution >= 0.6 is 0 Å². The van der Waals surface area contributed by atoms with Crippen molar-refractivity contribution < 1.29 is 0 Å². The first-order valence-electron chi connectivity index (χ1n) is 13.2. The molecule has 2 heteroatoms. The topological polar surface area (TPSA) is 8.82 Å². The van der Waals surface area contributed by atoms with Crippen LogP contribution in [0.2, 0.25) is 0 Å². The highest BCUT2D eigenvalue weighted by molar-refractivity contribution is 6.25. The van der Waals surface area contributed by atoms with Crippen LogP contribution in [0.25, 0.3) is 87.3 Å². The number of aromatic nitrogens is 2. The molecule has 0 spiro atoms. The summed E-state index contributed by atoms with van der Waals surface area (Å²) in [6.45, 7) is 0. The number of benzene rings is 6. The van der Waals surface area contributed by atoms with E-state index in [2.05, 4.69) is 130 Å². The minimum atomic E-state index is 1.25. The monoisotopic (exact) mass is 480 g/mol. The zero-order valence-corrected chi connectivity index (χ0v) is 20.4. The molecule has 0 radical (unpaired) electrons. The molecule has 0 saturated heterocycles. The standard InChI is InChI=1S/C36H20N2/c1-4-13-31-23(8-1)27-11-7-12-28-26-17-16-21(20-34(26)38(31)35(27)28)22-18-29-24-9-2-5-14-32(24)37-33-15-6-3-10-25(33)30(19-22)36(29)37/h1-20H. The van der Waals surface area contributed by atoms with Crippen LogP contribution in [0.5, 0.6) is 0 Å². The Bertz CT molecular complexity index is 2480. The molecule has 0 fully saturated rings. The third-order valence-corrected chi connectivity index (χ3v) is 8.76. The summed E-state index contributed by atoms with van der Waals surface area (Å²) in [5.74, 6) is 0. The first-order chi connectivity index (χ1) is 18.9. The molecular weight excluding hydrogens is 460 g/mol. The Morgan fingerprint density at radius 1 is 0.289 bits per heavy atom. The number of nitrogens with zero attached hydrogens (tertiary/aromatic N) is 2. The van der Waals surface area contributed by atoms with Crippen molar-refractivity contribution in [2.24, 2.45) is 0 Å². The Morgan fingerprint density at radius 3 is 1.34 bits per heavy atom. The lowest BCUT2D eigenvalue weighted by molar-refractivity contribution is 1.37. The van der Waals surface area contributed by atoms with Gasteiger partial charge in [-0.3, -0.25) is 0 Å². The van der Waals surface area contributed by atoms with Crippen LogP contribution in [-0.2, 0) is 0 Å². The summed E-state index contributed by atoms with van der Waals surface area (Å²) in [7, 11) is 0. The second-order valence-electron chi connectivity index (χ2n) is 10.6. The minimum Gasteiger partial charge on any atom is -0.308 e. The van der Waals surface area contributed by atoms with E-state index >= 15 is 0 Å². The minimum absolute atomic E-state index is 1.25. The van der Waals surface area contributed by atoms with Gasteiger partial charge in [0, 0.05) is 43.1 Å². The lowest BCUT2D eigenvalue weighted by Gasteiger charge is -2.06. The highest BCUT2D eigenvalue weighted by Crippen LogP contribution is 2.43. The molecule has 0 bridgehead atoms. The van der Waals surface area contributed by atoms with Crippen LogP contribution in [0.1, 0.15) is 0 Å². The predicted molar refractivity (Wildman–Crippen MR) is 161 cm³/mol. The maximum Gasteiger partial charge on any atom is 0.0620 e. The van der Waals surface area contributed by atoms with Crippen LogP contribution in [0.4, 0.5) is 0 Å². The molecule has 0 unspecified atom stereocenters. The number of para-hydroxylation sites is 4. The fraction of sp³-hybridized carbons (Fsp3) is 0. The Labute approximate surface area is 217 Å². The molecular formula is C36H20N2. The first kappa shape index (κ1) is 19.1. The SMILES string of the molecule is c1ccc2c(c1)c1cc(-c3ccc4c5cccc6c7ccccc7n(c4c3)c65)cc3c4ccccc4n2c13. The van der Waals surface area contributed by atoms with E-state index < -0.39 is 0 Å². The molecule has 10 rings (SSSR count). The number of fused-ring (bicyclic) bond motifs is 12. The van der Waals surface area contributed by atoms with Crippen molar-refractivity contribution in [1.82, 2.24) is 8.80 Å². The smallest absolute Gasteiger partial charge is 0.0620 e. The van der Waals surface area contributed by atoms with Gasteiger partial charge in [-0.1, -0.05) is 84.9 Å². The van der Waals surface area contributed by atoms with Gasteiger partial charge < -0.3 is 8.80 Å². The molecule has 0 N–H and O–H groups in total. The number of rotatable bonds is 1. The quantitative estimate of drug-likeness (QED) is 0.221. The van der Waals surface area contributed by atoms with Crippen molar-refractivity contribution in [1.29, 1.82) is 0 Å². The fourth-order valence-electron chi connectivity index (χ4n) is 7.23. The van der Waals surface area contributed by atoms with Crippen molar-refractivity contribution in [3.05, 3.63) is 121 Å². The Hall–Kier alpha value is -5.08. The maximum atomic E-state index is 2.47. The predicted octanol–water partition coefficient (Wildman–Crippen LogP) is 9.65. The number of hydrogen-bond donors (Lipinski definition) is 0. The second kappa shape index (κ2) is 6.42. The molecule has 174 valence electrons. The summed E-state index contributed by atoms with van der Waals surface area (Å²) in [4.78, 5) is 0. The van der Waals surface area contributed by atoms with E-state index in [0.29, 0.717) is 0 Å². The number of hydrogen-bond acceptors (Lipinski definition) is 0. The molecule has 6 aromatic carbocycles. The molecule has 0 saturated carbocycles. The highest BCUT2D eigenvalue weighted by atomic mass is 14.9. The van der Waals surface area contributed by atoms with E-state index in [1.54, 1.807) is 0 Å². The Kier molecular flexibility index (Phi) is 3.23. The Balaban J connectivity index is 1.36. The van der Waals surface area contributed by atoms with Crippen LogP contribution in [0, 0.1) is 0 Å². The molecule has 0 amide bonds. The van der Waals surface area contributed by atoms with Gasteiger partial charge in [-0.15, -0.1) is 0 Å². The molecule has 0 aliphatic carbocycles. The molecule has 0 aliphatic rings. The fourth-order valence-corrected chi connectivity index (χ4v) is 7.23. The largest absolute Gasteiger partial charge is 0.308 e. The third kappa shape index (κ3) is 2.10. The van der Waals surface area contributed by atoms with E-state index in [0.717, 1.165) is 0 Å². The first-order valence-corrected chi connectivity index (χ1v) is 13.2. The van der Waals surface area contributed by atoms with Crippen molar-refractivity contribution in [2.45, 2.75) is 0 Å². The van der Waals surface area contributed by atoms with Gasteiger partial charge in [-0.05, 0) is 47.5 Å². The lowest BCUT2D eigenvalue weighted by Crippen LogP contribution is -1.83. The normalized spacial score (nSPS) is 12.7. The van der Waals surface area contributed by atoms with Gasteiger partial charge in [-0.25, -0.2) is 0 Å². The van der Waals surface area contributed by atoms with Crippen molar-refractivity contribution in [2.75, 3.05) is 0 Å². The highest BCUT2D eigenvalue weighted by Gasteiger charge is 2.20.